The van der Waals surface area contributed by atoms with Crippen molar-refractivity contribution in [3.05, 3.63) is 176 Å². The Kier molecular flexibility index (Phi) is 5.47. The van der Waals surface area contributed by atoms with Crippen LogP contribution in [0.4, 0.5) is 0 Å². The predicted octanol–water partition coefficient (Wildman–Crippen LogP) is 10.8. The van der Waals surface area contributed by atoms with Crippen molar-refractivity contribution < 1.29 is 0 Å². The van der Waals surface area contributed by atoms with E-state index in [0.29, 0.717) is 11.8 Å². The van der Waals surface area contributed by atoms with E-state index in [9.17, 15) is 0 Å². The smallest absolute Gasteiger partial charge is 0.0894 e. The molecule has 0 saturated heterocycles. The highest BCUT2D eigenvalue weighted by atomic mass is 14.9. The number of allylic oxidation sites excluding steroid dienone is 20. The van der Waals surface area contributed by atoms with Crippen LogP contribution in [-0.4, -0.2) is 19.9 Å². The third-order valence-corrected chi connectivity index (χ3v) is 13.6. The average molecular weight is 669 g/mol. The van der Waals surface area contributed by atoms with Gasteiger partial charge < -0.3 is 0 Å². The molecule has 4 aromatic rings. The number of fused-ring (bicyclic) bond motifs is 8. The zero-order valence-electron chi connectivity index (χ0n) is 29.0. The van der Waals surface area contributed by atoms with Gasteiger partial charge in [-0.1, -0.05) is 95.2 Å². The summed E-state index contributed by atoms with van der Waals surface area (Å²) in [6.07, 6.45) is 28.3. The van der Waals surface area contributed by atoms with Crippen molar-refractivity contribution in [2.45, 2.75) is 63.2 Å². The number of rotatable bonds is 0. The van der Waals surface area contributed by atoms with Crippen LogP contribution in [0.1, 0.15) is 86.0 Å². The molecule has 13 rings (SSSR count). The molecule has 2 heterocycles. The van der Waals surface area contributed by atoms with E-state index in [1.807, 2.05) is 0 Å². The van der Waals surface area contributed by atoms with Gasteiger partial charge in [-0.3, -0.25) is 0 Å². The van der Waals surface area contributed by atoms with Gasteiger partial charge in [-0.05, 0) is 120 Å². The van der Waals surface area contributed by atoms with E-state index < -0.39 is 0 Å². The number of para-hydroxylation sites is 4. The van der Waals surface area contributed by atoms with E-state index in [-0.39, 0.29) is 11.8 Å². The van der Waals surface area contributed by atoms with Gasteiger partial charge in [-0.25, -0.2) is 19.9 Å². The maximum absolute atomic E-state index is 5.54. The molecule has 2 aromatic carbocycles. The Morgan fingerprint density at radius 1 is 0.404 bits per heavy atom. The molecule has 4 unspecified atom stereocenters. The van der Waals surface area contributed by atoms with Gasteiger partial charge in [0.2, 0.25) is 0 Å². The van der Waals surface area contributed by atoms with Crippen LogP contribution in [0, 0.1) is 11.8 Å². The molecule has 9 aliphatic rings. The maximum atomic E-state index is 5.54. The Bertz CT molecular complexity index is 2750. The van der Waals surface area contributed by atoms with E-state index in [4.69, 9.17) is 19.9 Å². The lowest BCUT2D eigenvalue weighted by Gasteiger charge is -2.29. The van der Waals surface area contributed by atoms with E-state index in [2.05, 4.69) is 97.1 Å². The van der Waals surface area contributed by atoms with E-state index in [1.165, 1.54) is 55.7 Å². The summed E-state index contributed by atoms with van der Waals surface area (Å²) >= 11 is 0. The first-order valence-corrected chi connectivity index (χ1v) is 19.3. The molecule has 4 atom stereocenters. The fraction of sp³-hybridized carbons (Fsp3) is 0.250. The second-order valence-corrected chi connectivity index (χ2v) is 16.4. The molecular formula is C48H36N4. The summed E-state index contributed by atoms with van der Waals surface area (Å²) in [4.78, 5) is 22.1. The number of aromatic nitrogens is 4. The molecule has 0 fully saturated rings. The maximum Gasteiger partial charge on any atom is 0.0894 e. The quantitative estimate of drug-likeness (QED) is 0.187. The SMILES string of the molecule is C1=CC2CC3=C4C=C2CC2=C1CC1C=CC5=C(C=C6CC7=C(CC(C(=C7)C4)c4nc7ccccc7nc43)c3nc4ccccc4nc3C6C5)CC1=C2. The van der Waals surface area contributed by atoms with Crippen molar-refractivity contribution in [1.82, 2.24) is 19.9 Å². The highest BCUT2D eigenvalue weighted by molar-refractivity contribution is 5.86. The zero-order valence-corrected chi connectivity index (χ0v) is 29.0. The van der Waals surface area contributed by atoms with Crippen molar-refractivity contribution in [2.24, 2.45) is 11.8 Å². The Morgan fingerprint density at radius 3 is 1.46 bits per heavy atom. The highest BCUT2D eigenvalue weighted by Crippen LogP contribution is 2.56. The standard InChI is InChI=1S/C48H36N4/c1-3-7-43-41(5-1)49-45-37-22-27-11-9-25-13-26-10-12-28-23-38-34-18-32(28)16-30(26)14-29(25)15-31(27)17-33(37)19-35-21-36(20-34)40(24-39(35)47(45)51-43)48-46(38)50-42-6-2-4-8-44(42)52-48/h1-12,14,17-18,21,25,28,37,40H,13,15-16,19-20,22-24H2. The van der Waals surface area contributed by atoms with Gasteiger partial charge >= 0.3 is 0 Å². The largest absolute Gasteiger partial charge is 0.248 e. The van der Waals surface area contributed by atoms with Crippen LogP contribution in [-0.2, 0) is 0 Å². The Balaban J connectivity index is 1.12. The molecule has 0 saturated carbocycles. The monoisotopic (exact) mass is 668 g/mol. The molecule has 0 amide bonds. The topological polar surface area (TPSA) is 51.6 Å². The van der Waals surface area contributed by atoms with E-state index >= 15 is 0 Å². The Morgan fingerprint density at radius 2 is 0.846 bits per heavy atom. The van der Waals surface area contributed by atoms with Crippen LogP contribution in [0.25, 0.3) is 33.2 Å². The van der Waals surface area contributed by atoms with Crippen LogP contribution in [0.15, 0.2) is 153 Å². The van der Waals surface area contributed by atoms with Gasteiger partial charge in [-0.2, -0.15) is 0 Å². The third kappa shape index (κ3) is 3.93. The van der Waals surface area contributed by atoms with Crippen LogP contribution < -0.4 is 0 Å². The van der Waals surface area contributed by atoms with Crippen LogP contribution in [0.5, 0.6) is 0 Å². The molecule has 2 aromatic heterocycles. The van der Waals surface area contributed by atoms with Crippen molar-refractivity contribution >= 4 is 33.2 Å². The summed E-state index contributed by atoms with van der Waals surface area (Å²) in [5.41, 5.74) is 26.2. The summed E-state index contributed by atoms with van der Waals surface area (Å²) in [5, 5.41) is 0. The predicted molar refractivity (Wildman–Crippen MR) is 207 cm³/mol. The normalized spacial score (nSPS) is 27.4. The third-order valence-electron chi connectivity index (χ3n) is 13.6. The van der Waals surface area contributed by atoms with Gasteiger partial charge in [0.05, 0.1) is 44.8 Å². The lowest BCUT2D eigenvalue weighted by Crippen LogP contribution is -2.15. The number of nitrogens with zero attached hydrogens (tertiary/aromatic N) is 4. The summed E-state index contributed by atoms with van der Waals surface area (Å²) < 4.78 is 0. The second kappa shape index (κ2) is 10.1. The van der Waals surface area contributed by atoms with Crippen molar-refractivity contribution in [3.8, 4) is 0 Å². The van der Waals surface area contributed by atoms with Crippen LogP contribution in [0.2, 0.25) is 0 Å². The van der Waals surface area contributed by atoms with Gasteiger partial charge in [0.1, 0.15) is 0 Å². The zero-order chi connectivity index (χ0) is 33.7. The summed E-state index contributed by atoms with van der Waals surface area (Å²) in [6.45, 7) is 0. The molecule has 0 N–H and O–H groups in total. The Labute approximate surface area is 302 Å². The first kappa shape index (κ1) is 28.1. The second-order valence-electron chi connectivity index (χ2n) is 16.4. The van der Waals surface area contributed by atoms with Crippen molar-refractivity contribution in [1.29, 1.82) is 0 Å². The van der Waals surface area contributed by atoms with E-state index in [0.717, 1.165) is 96.2 Å². The molecule has 9 aliphatic carbocycles. The van der Waals surface area contributed by atoms with Crippen molar-refractivity contribution in [3.63, 3.8) is 0 Å². The van der Waals surface area contributed by atoms with Crippen LogP contribution in [0.3, 0.4) is 0 Å². The Hall–Kier alpha value is -5.48. The molecular weight excluding hydrogens is 633 g/mol. The lowest BCUT2D eigenvalue weighted by atomic mass is 9.75. The summed E-state index contributed by atoms with van der Waals surface area (Å²) in [5.74, 6) is 1.16. The number of hydrogen-bond donors (Lipinski definition) is 0. The molecule has 52 heavy (non-hydrogen) atoms. The molecule has 0 aliphatic heterocycles. The first-order valence-electron chi connectivity index (χ1n) is 19.3. The molecule has 4 nitrogen and oxygen atoms in total. The van der Waals surface area contributed by atoms with E-state index in [1.54, 1.807) is 11.1 Å². The first-order chi connectivity index (χ1) is 25.7. The van der Waals surface area contributed by atoms with Crippen molar-refractivity contribution in [2.75, 3.05) is 0 Å². The fourth-order valence-electron chi connectivity index (χ4n) is 11.0. The van der Waals surface area contributed by atoms with Gasteiger partial charge in [0.15, 0.2) is 0 Å². The lowest BCUT2D eigenvalue weighted by molar-refractivity contribution is 0.703. The molecule has 248 valence electrons. The minimum Gasteiger partial charge on any atom is -0.248 e. The molecule has 0 spiro atoms. The molecule has 0 radical (unpaired) electrons. The number of benzene rings is 2. The van der Waals surface area contributed by atoms with Gasteiger partial charge in [0, 0.05) is 23.7 Å². The van der Waals surface area contributed by atoms with Gasteiger partial charge in [0.25, 0.3) is 0 Å². The summed E-state index contributed by atoms with van der Waals surface area (Å²) in [7, 11) is 0. The minimum absolute atomic E-state index is 0.136. The highest BCUT2D eigenvalue weighted by Gasteiger charge is 2.41. The van der Waals surface area contributed by atoms with Gasteiger partial charge in [-0.15, -0.1) is 0 Å². The summed E-state index contributed by atoms with van der Waals surface area (Å²) in [6, 6.07) is 16.9. The molecule has 8 bridgehead atoms. The molecule has 4 heteroatoms. The fourth-order valence-corrected chi connectivity index (χ4v) is 11.0. The van der Waals surface area contributed by atoms with Crippen LogP contribution >= 0.6 is 0 Å². The minimum atomic E-state index is 0.136. The number of hydrogen-bond acceptors (Lipinski definition) is 4. The average Bonchev–Trinajstić information content (AvgIpc) is 3.55.